The molecule has 0 aliphatic heterocycles. The number of aryl methyl sites for hydroxylation is 1. The molecule has 0 fully saturated rings. The second-order valence-electron chi connectivity index (χ2n) is 10.1. The van der Waals surface area contributed by atoms with Crippen LogP contribution in [0, 0.1) is 24.2 Å². The Balaban J connectivity index is 3.47. The largest absolute Gasteiger partial charge is 0.444 e. The van der Waals surface area contributed by atoms with Crippen LogP contribution in [0.15, 0.2) is 24.3 Å². The van der Waals surface area contributed by atoms with Gasteiger partial charge in [-0.25, -0.2) is 4.79 Å². The molecular weight excluding hydrogens is 444 g/mol. The molecule has 0 aliphatic carbocycles. The van der Waals surface area contributed by atoms with Gasteiger partial charge < -0.3 is 20.3 Å². The van der Waals surface area contributed by atoms with E-state index in [-0.39, 0.29) is 24.4 Å². The summed E-state index contributed by atoms with van der Waals surface area (Å²) in [5.41, 5.74) is 0.797. The van der Waals surface area contributed by atoms with Crippen LogP contribution in [0.3, 0.4) is 0 Å². The molecule has 3 amide bonds. The lowest BCUT2D eigenvalue weighted by Gasteiger charge is -2.35. The van der Waals surface area contributed by atoms with E-state index in [0.29, 0.717) is 12.0 Å². The zero-order valence-electron chi connectivity index (χ0n) is 22.5. The number of amides is 3. The van der Waals surface area contributed by atoms with Crippen molar-refractivity contribution in [2.75, 3.05) is 6.54 Å². The van der Waals surface area contributed by atoms with Gasteiger partial charge in [-0.2, -0.15) is 5.26 Å². The number of nitrogens with zero attached hydrogens (tertiary/aromatic N) is 2. The topological polar surface area (TPSA) is 112 Å². The Morgan fingerprint density at radius 2 is 1.80 bits per heavy atom. The smallest absolute Gasteiger partial charge is 0.408 e. The van der Waals surface area contributed by atoms with Crippen molar-refractivity contribution < 1.29 is 19.1 Å². The molecule has 0 bridgehead atoms. The minimum absolute atomic E-state index is 0.0934. The third-order valence-electron chi connectivity index (χ3n) is 5.70. The van der Waals surface area contributed by atoms with Gasteiger partial charge in [0.15, 0.2) is 0 Å². The molecule has 0 saturated heterocycles. The van der Waals surface area contributed by atoms with Crippen LogP contribution >= 0.6 is 0 Å². The van der Waals surface area contributed by atoms with Gasteiger partial charge in [-0.1, -0.05) is 63.4 Å². The fraction of sp³-hybridized carbons (Fsp3) is 0.630. The lowest BCUT2D eigenvalue weighted by Crippen LogP contribution is -2.55. The number of nitriles is 1. The highest BCUT2D eigenvalue weighted by Gasteiger charge is 2.38. The fourth-order valence-electron chi connectivity index (χ4n) is 3.81. The van der Waals surface area contributed by atoms with Crippen molar-refractivity contribution >= 4 is 17.9 Å². The van der Waals surface area contributed by atoms with Gasteiger partial charge in [0.25, 0.3) is 0 Å². The van der Waals surface area contributed by atoms with E-state index in [1.54, 1.807) is 26.8 Å². The van der Waals surface area contributed by atoms with Crippen molar-refractivity contribution in [1.29, 1.82) is 5.26 Å². The summed E-state index contributed by atoms with van der Waals surface area (Å²) in [6.45, 7) is 14.5. The molecular formula is C27H42N4O4. The average Bonchev–Trinajstić information content (AvgIpc) is 2.75. The van der Waals surface area contributed by atoms with E-state index in [2.05, 4.69) is 10.6 Å². The fourth-order valence-corrected chi connectivity index (χ4v) is 3.81. The van der Waals surface area contributed by atoms with Crippen LogP contribution in [0.25, 0.3) is 0 Å². The minimum atomic E-state index is -1.02. The summed E-state index contributed by atoms with van der Waals surface area (Å²) in [6, 6.07) is 7.30. The van der Waals surface area contributed by atoms with Crippen LogP contribution in [-0.4, -0.2) is 47.0 Å². The first-order valence-electron chi connectivity index (χ1n) is 12.4. The maximum Gasteiger partial charge on any atom is 0.408 e. The lowest BCUT2D eigenvalue weighted by molar-refractivity contribution is -0.143. The number of ether oxygens (including phenoxy) is 1. The van der Waals surface area contributed by atoms with Crippen molar-refractivity contribution in [3.63, 3.8) is 0 Å². The predicted molar refractivity (Wildman–Crippen MR) is 136 cm³/mol. The molecule has 0 aromatic heterocycles. The van der Waals surface area contributed by atoms with Gasteiger partial charge >= 0.3 is 6.09 Å². The van der Waals surface area contributed by atoms with Crippen molar-refractivity contribution in [2.24, 2.45) is 5.92 Å². The van der Waals surface area contributed by atoms with Crippen molar-refractivity contribution in [3.8, 4) is 6.07 Å². The van der Waals surface area contributed by atoms with Crippen LogP contribution in [0.1, 0.15) is 84.9 Å². The summed E-state index contributed by atoms with van der Waals surface area (Å²) in [5, 5.41) is 15.3. The quantitative estimate of drug-likeness (QED) is 0.443. The summed E-state index contributed by atoms with van der Waals surface area (Å²) in [4.78, 5) is 41.2. The van der Waals surface area contributed by atoms with Crippen LogP contribution in [0.5, 0.6) is 0 Å². The Hall–Kier alpha value is -3.08. The zero-order valence-corrected chi connectivity index (χ0v) is 22.5. The molecule has 0 radical (unpaired) electrons. The molecule has 0 saturated carbocycles. The average molecular weight is 487 g/mol. The lowest BCUT2D eigenvalue weighted by atomic mass is 9.95. The van der Waals surface area contributed by atoms with Gasteiger partial charge in [0.2, 0.25) is 11.8 Å². The van der Waals surface area contributed by atoms with E-state index in [4.69, 9.17) is 4.74 Å². The summed E-state index contributed by atoms with van der Waals surface area (Å²) >= 11 is 0. The SMILES string of the molecule is CCCC(C)NC(=O)C(c1cccc(C)c1)N(CC#N)C(=O)C(NC(=O)OC(C)(C)C)C(C)CC. The summed E-state index contributed by atoms with van der Waals surface area (Å²) < 4.78 is 5.38. The van der Waals surface area contributed by atoms with Crippen LogP contribution < -0.4 is 10.6 Å². The third kappa shape index (κ3) is 9.59. The Kier molecular flexibility index (Phi) is 11.7. The van der Waals surface area contributed by atoms with E-state index in [0.717, 1.165) is 18.4 Å². The Morgan fingerprint density at radius 3 is 2.31 bits per heavy atom. The molecule has 2 N–H and O–H groups in total. The highest BCUT2D eigenvalue weighted by molar-refractivity contribution is 5.92. The number of hydrogen-bond acceptors (Lipinski definition) is 5. The number of benzene rings is 1. The van der Waals surface area contributed by atoms with Crippen LogP contribution in [0.2, 0.25) is 0 Å². The standard InChI is InChI=1S/C27H42N4O4/c1-9-12-20(5)29-24(32)23(21-14-11-13-18(3)17-21)31(16-15-28)25(33)22(19(4)10-2)30-26(34)35-27(6,7)8/h11,13-14,17,19-20,22-23H,9-10,12,16H2,1-8H3,(H,29,32)(H,30,34). The second kappa shape index (κ2) is 13.7. The van der Waals surface area contributed by atoms with E-state index < -0.39 is 29.7 Å². The monoisotopic (exact) mass is 486 g/mol. The van der Waals surface area contributed by atoms with E-state index >= 15 is 0 Å². The third-order valence-corrected chi connectivity index (χ3v) is 5.70. The number of alkyl carbamates (subject to hydrolysis) is 1. The minimum Gasteiger partial charge on any atom is -0.444 e. The second-order valence-corrected chi connectivity index (χ2v) is 10.1. The van der Waals surface area contributed by atoms with Gasteiger partial charge in [-0.15, -0.1) is 0 Å². The first-order chi connectivity index (χ1) is 16.3. The number of rotatable bonds is 11. The zero-order chi connectivity index (χ0) is 26.8. The van der Waals surface area contributed by atoms with Crippen molar-refractivity contribution in [2.45, 2.75) is 98.4 Å². The summed E-state index contributed by atoms with van der Waals surface area (Å²) in [6.07, 6.45) is 1.56. The molecule has 194 valence electrons. The van der Waals surface area contributed by atoms with Gasteiger partial charge in [0, 0.05) is 6.04 Å². The van der Waals surface area contributed by atoms with Crippen molar-refractivity contribution in [3.05, 3.63) is 35.4 Å². The van der Waals surface area contributed by atoms with E-state index in [1.165, 1.54) is 4.90 Å². The normalized spacial score (nSPS) is 14.6. The van der Waals surface area contributed by atoms with Crippen LogP contribution in [-0.2, 0) is 14.3 Å². The molecule has 1 aromatic carbocycles. The van der Waals surface area contributed by atoms with E-state index in [1.807, 2.05) is 58.9 Å². The number of hydrogen-bond donors (Lipinski definition) is 2. The van der Waals surface area contributed by atoms with Gasteiger partial charge in [-0.3, -0.25) is 9.59 Å². The molecule has 4 unspecified atom stereocenters. The Morgan fingerprint density at radius 1 is 1.14 bits per heavy atom. The van der Waals surface area contributed by atoms with Crippen LogP contribution in [0.4, 0.5) is 4.79 Å². The maximum absolute atomic E-state index is 13.9. The van der Waals surface area contributed by atoms with E-state index in [9.17, 15) is 19.6 Å². The molecule has 0 aliphatic rings. The molecule has 0 heterocycles. The molecule has 35 heavy (non-hydrogen) atoms. The summed E-state index contributed by atoms with van der Waals surface area (Å²) in [5.74, 6) is -1.12. The number of nitrogens with one attached hydrogen (secondary N) is 2. The van der Waals surface area contributed by atoms with Crippen molar-refractivity contribution in [1.82, 2.24) is 15.5 Å². The molecule has 1 rings (SSSR count). The highest BCUT2D eigenvalue weighted by atomic mass is 16.6. The molecule has 4 atom stereocenters. The summed E-state index contributed by atoms with van der Waals surface area (Å²) in [7, 11) is 0. The Labute approximate surface area is 210 Å². The number of carbonyl (C=O) groups excluding carboxylic acids is 3. The highest BCUT2D eigenvalue weighted by Crippen LogP contribution is 2.25. The van der Waals surface area contributed by atoms with Gasteiger partial charge in [-0.05, 0) is 52.5 Å². The molecule has 1 aromatic rings. The molecule has 0 spiro atoms. The Bertz CT molecular complexity index is 903. The number of carbonyl (C=O) groups is 3. The predicted octanol–water partition coefficient (Wildman–Crippen LogP) is 4.63. The molecule has 8 nitrogen and oxygen atoms in total. The van der Waals surface area contributed by atoms with Gasteiger partial charge in [0.1, 0.15) is 24.2 Å². The first-order valence-corrected chi connectivity index (χ1v) is 12.4. The maximum atomic E-state index is 13.9. The first kappa shape index (κ1) is 30.0. The molecule has 8 heteroatoms. The van der Waals surface area contributed by atoms with Gasteiger partial charge in [0.05, 0.1) is 6.07 Å².